The summed E-state index contributed by atoms with van der Waals surface area (Å²) < 4.78 is 0.983. The Bertz CT molecular complexity index is 462. The van der Waals surface area contributed by atoms with Gasteiger partial charge in [0.05, 0.1) is 12.5 Å². The molecule has 0 saturated carbocycles. The second-order valence-corrected chi connectivity index (χ2v) is 5.36. The predicted octanol–water partition coefficient (Wildman–Crippen LogP) is 3.02. The molecule has 20 heavy (non-hydrogen) atoms. The maximum atomic E-state index is 12.1. The van der Waals surface area contributed by atoms with Crippen LogP contribution in [0.3, 0.4) is 0 Å². The first-order chi connectivity index (χ1) is 9.43. The maximum absolute atomic E-state index is 12.1. The second-order valence-electron chi connectivity index (χ2n) is 4.45. The van der Waals surface area contributed by atoms with Crippen molar-refractivity contribution in [2.75, 3.05) is 13.1 Å². The van der Waals surface area contributed by atoms with E-state index in [0.717, 1.165) is 10.0 Å². The summed E-state index contributed by atoms with van der Waals surface area (Å²) in [5, 5.41) is 11.5. The molecule has 2 amide bonds. The number of hydrogen-bond acceptors (Lipinski definition) is 2. The number of nitrogens with zero attached hydrogens (tertiary/aromatic N) is 1. The highest BCUT2D eigenvalue weighted by Crippen LogP contribution is 2.16. The van der Waals surface area contributed by atoms with E-state index < -0.39 is 5.97 Å². The SMILES string of the molecule is CCN(CCC(=O)O)C(=O)NC(C)c1ccc(Br)cc1. The fourth-order valence-electron chi connectivity index (χ4n) is 1.75. The zero-order valence-electron chi connectivity index (χ0n) is 11.6. The number of nitrogens with one attached hydrogen (secondary N) is 1. The number of urea groups is 1. The Labute approximate surface area is 127 Å². The van der Waals surface area contributed by atoms with Gasteiger partial charge < -0.3 is 15.3 Å². The van der Waals surface area contributed by atoms with E-state index in [4.69, 9.17) is 5.11 Å². The van der Waals surface area contributed by atoms with Gasteiger partial charge in [-0.05, 0) is 31.5 Å². The Morgan fingerprint density at radius 2 is 1.95 bits per heavy atom. The molecule has 110 valence electrons. The molecule has 6 heteroatoms. The number of carbonyl (C=O) groups excluding carboxylic acids is 1. The van der Waals surface area contributed by atoms with Gasteiger partial charge in [-0.25, -0.2) is 4.79 Å². The molecule has 0 radical (unpaired) electrons. The summed E-state index contributed by atoms with van der Waals surface area (Å²) in [6, 6.07) is 7.32. The van der Waals surface area contributed by atoms with Crippen LogP contribution in [0.5, 0.6) is 0 Å². The quantitative estimate of drug-likeness (QED) is 0.834. The fourth-order valence-corrected chi connectivity index (χ4v) is 2.01. The molecule has 1 aromatic rings. The molecule has 0 heterocycles. The fraction of sp³-hybridized carbons (Fsp3) is 0.429. The Kier molecular flexibility index (Phi) is 6.51. The molecule has 0 aliphatic carbocycles. The number of aliphatic carboxylic acids is 1. The van der Waals surface area contributed by atoms with Gasteiger partial charge in [-0.1, -0.05) is 28.1 Å². The first-order valence-corrected chi connectivity index (χ1v) is 7.26. The lowest BCUT2D eigenvalue weighted by Gasteiger charge is -2.23. The van der Waals surface area contributed by atoms with E-state index in [1.165, 1.54) is 4.90 Å². The third-order valence-corrected chi connectivity index (χ3v) is 3.50. The van der Waals surface area contributed by atoms with E-state index in [2.05, 4.69) is 21.2 Å². The average molecular weight is 343 g/mol. The molecule has 1 aromatic carbocycles. The number of halogens is 1. The highest BCUT2D eigenvalue weighted by Gasteiger charge is 2.15. The number of amides is 2. The van der Waals surface area contributed by atoms with Gasteiger partial charge in [-0.2, -0.15) is 0 Å². The largest absolute Gasteiger partial charge is 0.481 e. The van der Waals surface area contributed by atoms with Crippen molar-refractivity contribution in [1.82, 2.24) is 10.2 Å². The number of benzene rings is 1. The molecule has 0 aromatic heterocycles. The summed E-state index contributed by atoms with van der Waals surface area (Å²) in [6.07, 6.45) is -0.0477. The molecule has 0 bridgehead atoms. The minimum Gasteiger partial charge on any atom is -0.481 e. The zero-order valence-corrected chi connectivity index (χ0v) is 13.2. The first kappa shape index (κ1) is 16.5. The zero-order chi connectivity index (χ0) is 15.1. The lowest BCUT2D eigenvalue weighted by molar-refractivity contribution is -0.137. The van der Waals surface area contributed by atoms with E-state index >= 15 is 0 Å². The van der Waals surface area contributed by atoms with Crippen LogP contribution in [0.4, 0.5) is 4.79 Å². The molecule has 1 unspecified atom stereocenters. The molecule has 1 rings (SSSR count). The van der Waals surface area contributed by atoms with Crippen LogP contribution in [-0.4, -0.2) is 35.1 Å². The topological polar surface area (TPSA) is 69.6 Å². The Hall–Kier alpha value is -1.56. The standard InChI is InChI=1S/C14H19BrN2O3/c1-3-17(9-8-13(18)19)14(20)16-10(2)11-4-6-12(15)7-5-11/h4-7,10H,3,8-9H2,1-2H3,(H,16,20)(H,18,19). The molecule has 0 saturated heterocycles. The molecule has 5 nitrogen and oxygen atoms in total. The number of carboxylic acids is 1. The summed E-state index contributed by atoms with van der Waals surface area (Å²) in [7, 11) is 0. The van der Waals surface area contributed by atoms with Crippen molar-refractivity contribution in [1.29, 1.82) is 0 Å². The van der Waals surface area contributed by atoms with Crippen molar-refractivity contribution in [3.05, 3.63) is 34.3 Å². The van der Waals surface area contributed by atoms with E-state index in [-0.39, 0.29) is 25.0 Å². The van der Waals surface area contributed by atoms with Gasteiger partial charge in [0.15, 0.2) is 0 Å². The first-order valence-electron chi connectivity index (χ1n) is 6.46. The Morgan fingerprint density at radius 1 is 1.35 bits per heavy atom. The third kappa shape index (κ3) is 5.21. The Morgan fingerprint density at radius 3 is 2.45 bits per heavy atom. The van der Waals surface area contributed by atoms with Crippen LogP contribution in [0.15, 0.2) is 28.7 Å². The molecule has 0 fully saturated rings. The summed E-state index contributed by atoms with van der Waals surface area (Å²) in [5.41, 5.74) is 0.996. The van der Waals surface area contributed by atoms with Gasteiger partial charge in [-0.3, -0.25) is 4.79 Å². The summed E-state index contributed by atoms with van der Waals surface area (Å²) in [5.74, 6) is -0.905. The maximum Gasteiger partial charge on any atom is 0.317 e. The van der Waals surface area contributed by atoms with Gasteiger partial charge >= 0.3 is 12.0 Å². The van der Waals surface area contributed by atoms with Gasteiger partial charge in [0.25, 0.3) is 0 Å². The van der Waals surface area contributed by atoms with Crippen molar-refractivity contribution < 1.29 is 14.7 Å². The van der Waals surface area contributed by atoms with Crippen LogP contribution in [0.1, 0.15) is 31.9 Å². The van der Waals surface area contributed by atoms with Crippen LogP contribution in [0.25, 0.3) is 0 Å². The van der Waals surface area contributed by atoms with Crippen LogP contribution in [0.2, 0.25) is 0 Å². The van der Waals surface area contributed by atoms with E-state index in [9.17, 15) is 9.59 Å². The number of rotatable bonds is 6. The lowest BCUT2D eigenvalue weighted by Crippen LogP contribution is -2.41. The van der Waals surface area contributed by atoms with Crippen LogP contribution in [0, 0.1) is 0 Å². The molecular formula is C14H19BrN2O3. The second kappa shape index (κ2) is 7.89. The van der Waals surface area contributed by atoms with E-state index in [1.54, 1.807) is 0 Å². The summed E-state index contributed by atoms with van der Waals surface area (Å²) >= 11 is 3.36. The van der Waals surface area contributed by atoms with Gasteiger partial charge in [0.2, 0.25) is 0 Å². The average Bonchev–Trinajstić information content (AvgIpc) is 2.39. The van der Waals surface area contributed by atoms with Crippen molar-refractivity contribution >= 4 is 27.9 Å². The molecule has 0 aliphatic rings. The van der Waals surface area contributed by atoms with Crippen molar-refractivity contribution in [3.8, 4) is 0 Å². The van der Waals surface area contributed by atoms with E-state index in [1.807, 2.05) is 38.1 Å². The van der Waals surface area contributed by atoms with Crippen LogP contribution < -0.4 is 5.32 Å². The highest BCUT2D eigenvalue weighted by atomic mass is 79.9. The van der Waals surface area contributed by atoms with Crippen molar-refractivity contribution in [3.63, 3.8) is 0 Å². The minimum absolute atomic E-state index is 0.0477. The molecule has 2 N–H and O–H groups in total. The van der Waals surface area contributed by atoms with Crippen molar-refractivity contribution in [2.45, 2.75) is 26.3 Å². The number of carbonyl (C=O) groups is 2. The molecule has 0 aliphatic heterocycles. The number of carboxylic acid groups (broad SMARTS) is 1. The van der Waals surface area contributed by atoms with Gasteiger partial charge in [0.1, 0.15) is 0 Å². The van der Waals surface area contributed by atoms with E-state index in [0.29, 0.717) is 6.54 Å². The van der Waals surface area contributed by atoms with Gasteiger partial charge in [-0.15, -0.1) is 0 Å². The van der Waals surface area contributed by atoms with Gasteiger partial charge in [0, 0.05) is 17.6 Å². The van der Waals surface area contributed by atoms with Crippen LogP contribution in [-0.2, 0) is 4.79 Å². The monoisotopic (exact) mass is 342 g/mol. The third-order valence-electron chi connectivity index (χ3n) is 2.97. The lowest BCUT2D eigenvalue weighted by atomic mass is 10.1. The normalized spacial score (nSPS) is 11.8. The smallest absolute Gasteiger partial charge is 0.317 e. The van der Waals surface area contributed by atoms with Crippen molar-refractivity contribution in [2.24, 2.45) is 0 Å². The minimum atomic E-state index is -0.905. The number of hydrogen-bond donors (Lipinski definition) is 2. The predicted molar refractivity (Wildman–Crippen MR) is 80.6 cm³/mol. The Balaban J connectivity index is 2.58. The molecule has 0 spiro atoms. The molecular weight excluding hydrogens is 324 g/mol. The van der Waals surface area contributed by atoms with Crippen LogP contribution >= 0.6 is 15.9 Å². The highest BCUT2D eigenvalue weighted by molar-refractivity contribution is 9.10. The molecule has 1 atom stereocenters. The summed E-state index contributed by atoms with van der Waals surface area (Å²) in [6.45, 7) is 4.41. The summed E-state index contributed by atoms with van der Waals surface area (Å²) in [4.78, 5) is 24.1.